The summed E-state index contributed by atoms with van der Waals surface area (Å²) in [6.45, 7) is 5.40. The van der Waals surface area contributed by atoms with Gasteiger partial charge in [0, 0.05) is 17.4 Å². The first-order valence-corrected chi connectivity index (χ1v) is 6.88. The van der Waals surface area contributed by atoms with E-state index in [2.05, 4.69) is 6.58 Å². The number of aliphatic hydroxyl groups is 2. The summed E-state index contributed by atoms with van der Waals surface area (Å²) in [4.78, 5) is 23.9. The summed E-state index contributed by atoms with van der Waals surface area (Å²) in [5.74, 6) is -1.74. The summed E-state index contributed by atoms with van der Waals surface area (Å²) in [7, 11) is 0. The minimum Gasteiger partial charge on any atom is -0.458 e. The van der Waals surface area contributed by atoms with E-state index in [1.54, 1.807) is 0 Å². The molecule has 5 heteroatoms. The lowest BCUT2D eigenvalue weighted by Gasteiger charge is -2.28. The number of aliphatic hydroxyl groups excluding tert-OH is 2. The Kier molecular flexibility index (Phi) is 3.06. The lowest BCUT2D eigenvalue weighted by Crippen LogP contribution is -2.35. The molecule has 3 rings (SSSR count). The monoisotopic (exact) mass is 278 g/mol. The van der Waals surface area contributed by atoms with Crippen molar-refractivity contribution in [2.75, 3.05) is 6.61 Å². The van der Waals surface area contributed by atoms with Crippen LogP contribution in [-0.2, 0) is 14.3 Å². The van der Waals surface area contributed by atoms with Crippen LogP contribution in [0.2, 0.25) is 0 Å². The molecule has 1 heterocycles. The van der Waals surface area contributed by atoms with Gasteiger partial charge in [-0.15, -0.1) is 0 Å². The molecule has 1 saturated heterocycles. The molecule has 0 amide bonds. The van der Waals surface area contributed by atoms with E-state index < -0.39 is 24.1 Å². The summed E-state index contributed by atoms with van der Waals surface area (Å²) in [6.07, 6.45) is 0.559. The highest BCUT2D eigenvalue weighted by Gasteiger charge is 2.56. The molecule has 0 spiro atoms. The van der Waals surface area contributed by atoms with Crippen LogP contribution >= 0.6 is 0 Å². The molecule has 20 heavy (non-hydrogen) atoms. The molecule has 6 atom stereocenters. The molecule has 3 aliphatic rings. The van der Waals surface area contributed by atoms with E-state index in [1.165, 1.54) is 6.08 Å². The third-order valence-electron chi connectivity index (χ3n) is 4.91. The van der Waals surface area contributed by atoms with Crippen molar-refractivity contribution in [3.8, 4) is 0 Å². The maximum Gasteiger partial charge on any atom is 0.334 e. The van der Waals surface area contributed by atoms with Gasteiger partial charge in [-0.05, 0) is 24.0 Å². The van der Waals surface area contributed by atoms with Crippen LogP contribution in [0.15, 0.2) is 23.8 Å². The Morgan fingerprint density at radius 3 is 2.70 bits per heavy atom. The van der Waals surface area contributed by atoms with E-state index in [9.17, 15) is 19.8 Å². The van der Waals surface area contributed by atoms with Gasteiger partial charge in [-0.3, -0.25) is 4.79 Å². The molecule has 0 bridgehead atoms. The number of carbonyl (C=O) groups is 2. The van der Waals surface area contributed by atoms with E-state index in [1.807, 2.05) is 6.92 Å². The Hall–Kier alpha value is -1.46. The molecule has 2 aliphatic carbocycles. The maximum absolute atomic E-state index is 12.2. The average molecular weight is 278 g/mol. The normalized spacial score (nSPS) is 43.8. The first-order chi connectivity index (χ1) is 9.45. The van der Waals surface area contributed by atoms with E-state index in [4.69, 9.17) is 4.74 Å². The zero-order valence-corrected chi connectivity index (χ0v) is 11.3. The van der Waals surface area contributed by atoms with Gasteiger partial charge in [0.15, 0.2) is 5.78 Å². The van der Waals surface area contributed by atoms with Crippen LogP contribution in [-0.4, -0.2) is 40.8 Å². The van der Waals surface area contributed by atoms with Crippen LogP contribution in [0.25, 0.3) is 0 Å². The predicted octanol–water partition coefficient (Wildman–Crippen LogP) is 0.219. The van der Waals surface area contributed by atoms with Crippen LogP contribution in [0.1, 0.15) is 13.3 Å². The van der Waals surface area contributed by atoms with Crippen LogP contribution in [0.3, 0.4) is 0 Å². The van der Waals surface area contributed by atoms with Gasteiger partial charge < -0.3 is 14.9 Å². The van der Waals surface area contributed by atoms with E-state index in [-0.39, 0.29) is 35.7 Å². The quantitative estimate of drug-likeness (QED) is 0.529. The Morgan fingerprint density at radius 1 is 1.35 bits per heavy atom. The molecular weight excluding hydrogens is 260 g/mol. The Labute approximate surface area is 116 Å². The van der Waals surface area contributed by atoms with Crippen LogP contribution in [0.5, 0.6) is 0 Å². The minimum absolute atomic E-state index is 0.0279. The van der Waals surface area contributed by atoms with Gasteiger partial charge in [0.2, 0.25) is 0 Å². The van der Waals surface area contributed by atoms with E-state index in [0.29, 0.717) is 12.0 Å². The molecular formula is C15H18O5. The standard InChI is InChI=1S/C15H18O5/c1-6-3-9(17)12-7(2)15(19)20-14(12)13-8(5-16)4-10(18)11(6)13/h4,6,9,11-14,16-17H,2-3,5H2,1H3. The smallest absolute Gasteiger partial charge is 0.334 e. The first-order valence-electron chi connectivity index (χ1n) is 6.88. The summed E-state index contributed by atoms with van der Waals surface area (Å²) in [6, 6.07) is 0. The van der Waals surface area contributed by atoms with Gasteiger partial charge in [0.05, 0.1) is 18.6 Å². The highest BCUT2D eigenvalue weighted by Crippen LogP contribution is 2.49. The van der Waals surface area contributed by atoms with Gasteiger partial charge in [-0.1, -0.05) is 13.5 Å². The van der Waals surface area contributed by atoms with Gasteiger partial charge in [-0.2, -0.15) is 0 Å². The lowest BCUT2D eigenvalue weighted by molar-refractivity contribution is -0.142. The first kappa shape index (κ1) is 13.5. The number of esters is 1. The van der Waals surface area contributed by atoms with Crippen LogP contribution < -0.4 is 0 Å². The zero-order chi connectivity index (χ0) is 14.6. The van der Waals surface area contributed by atoms with Crippen molar-refractivity contribution in [1.82, 2.24) is 0 Å². The van der Waals surface area contributed by atoms with Gasteiger partial charge >= 0.3 is 5.97 Å². The van der Waals surface area contributed by atoms with Crippen molar-refractivity contribution in [3.05, 3.63) is 23.8 Å². The fourth-order valence-electron chi connectivity index (χ4n) is 4.01. The number of ketones is 1. The average Bonchev–Trinajstić information content (AvgIpc) is 2.83. The second-order valence-electron chi connectivity index (χ2n) is 6.03. The molecule has 5 nitrogen and oxygen atoms in total. The number of hydrogen-bond donors (Lipinski definition) is 2. The number of allylic oxidation sites excluding steroid dienone is 1. The molecule has 108 valence electrons. The third kappa shape index (κ3) is 1.70. The molecule has 0 aromatic heterocycles. The number of ether oxygens (including phenoxy) is 1. The second kappa shape index (κ2) is 4.53. The summed E-state index contributed by atoms with van der Waals surface area (Å²) in [5.41, 5.74) is 0.866. The number of carbonyl (C=O) groups excluding carboxylic acids is 2. The third-order valence-corrected chi connectivity index (χ3v) is 4.91. The molecule has 0 aromatic rings. The maximum atomic E-state index is 12.2. The molecule has 2 N–H and O–H groups in total. The molecule has 1 saturated carbocycles. The van der Waals surface area contributed by atoms with Crippen molar-refractivity contribution < 1.29 is 24.5 Å². The Balaban J connectivity index is 2.07. The van der Waals surface area contributed by atoms with Gasteiger partial charge in [0.1, 0.15) is 6.10 Å². The van der Waals surface area contributed by atoms with Gasteiger partial charge in [0.25, 0.3) is 0 Å². The van der Waals surface area contributed by atoms with Crippen molar-refractivity contribution in [3.63, 3.8) is 0 Å². The van der Waals surface area contributed by atoms with Crippen LogP contribution in [0, 0.1) is 23.7 Å². The zero-order valence-electron chi connectivity index (χ0n) is 11.3. The molecule has 6 unspecified atom stereocenters. The minimum atomic E-state index is -0.743. The van der Waals surface area contributed by atoms with Crippen molar-refractivity contribution in [2.24, 2.45) is 23.7 Å². The number of fused-ring (bicyclic) bond motifs is 3. The largest absolute Gasteiger partial charge is 0.458 e. The highest BCUT2D eigenvalue weighted by molar-refractivity contribution is 5.97. The Bertz CT molecular complexity index is 520. The second-order valence-corrected chi connectivity index (χ2v) is 6.03. The predicted molar refractivity (Wildman–Crippen MR) is 69.5 cm³/mol. The molecule has 1 aliphatic heterocycles. The summed E-state index contributed by atoms with van der Waals surface area (Å²) < 4.78 is 5.37. The number of hydrogen-bond acceptors (Lipinski definition) is 5. The number of rotatable bonds is 1. The summed E-state index contributed by atoms with van der Waals surface area (Å²) in [5, 5.41) is 19.8. The highest BCUT2D eigenvalue weighted by atomic mass is 16.6. The van der Waals surface area contributed by atoms with E-state index in [0.717, 1.165) is 0 Å². The Morgan fingerprint density at radius 2 is 2.05 bits per heavy atom. The summed E-state index contributed by atoms with van der Waals surface area (Å²) >= 11 is 0. The van der Waals surface area contributed by atoms with Crippen molar-refractivity contribution in [1.29, 1.82) is 0 Å². The fourth-order valence-corrected chi connectivity index (χ4v) is 4.01. The SMILES string of the molecule is C=C1C(=O)OC2C1C(O)CC(C)C1C(=O)C=C(CO)C21. The molecule has 2 fully saturated rings. The van der Waals surface area contributed by atoms with Crippen molar-refractivity contribution in [2.45, 2.75) is 25.6 Å². The van der Waals surface area contributed by atoms with E-state index >= 15 is 0 Å². The molecule has 0 aromatic carbocycles. The lowest BCUT2D eigenvalue weighted by atomic mass is 9.78. The molecule has 0 radical (unpaired) electrons. The van der Waals surface area contributed by atoms with Crippen molar-refractivity contribution >= 4 is 11.8 Å². The van der Waals surface area contributed by atoms with Crippen LogP contribution in [0.4, 0.5) is 0 Å². The topological polar surface area (TPSA) is 83.8 Å². The fraction of sp³-hybridized carbons (Fsp3) is 0.600. The van der Waals surface area contributed by atoms with Gasteiger partial charge in [-0.25, -0.2) is 4.79 Å².